The molecule has 0 spiro atoms. The Morgan fingerprint density at radius 3 is 2.93 bits per heavy atom. The van der Waals surface area contributed by atoms with Crippen LogP contribution < -0.4 is 0 Å². The highest BCUT2D eigenvalue weighted by atomic mass is 16.3. The third-order valence-corrected chi connectivity index (χ3v) is 1.78. The molecule has 0 aromatic carbocycles. The third kappa shape index (κ3) is 4.05. The molecule has 14 heavy (non-hydrogen) atoms. The average molecular weight is 193 g/mol. The Labute approximate surface area is 84.0 Å². The lowest BCUT2D eigenvalue weighted by Crippen LogP contribution is -2.15. The van der Waals surface area contributed by atoms with E-state index in [0.717, 1.165) is 6.54 Å². The molecule has 0 amide bonds. The summed E-state index contributed by atoms with van der Waals surface area (Å²) in [5, 5.41) is 0. The molecule has 0 saturated heterocycles. The van der Waals surface area contributed by atoms with Crippen molar-refractivity contribution >= 4 is 11.9 Å². The molecule has 0 aliphatic rings. The largest absolute Gasteiger partial charge is 0.465 e. The molecule has 1 heterocycles. The lowest BCUT2D eigenvalue weighted by molar-refractivity contribution is -0.114. The zero-order valence-electron chi connectivity index (χ0n) is 8.56. The first-order valence-corrected chi connectivity index (χ1v) is 4.57. The normalized spacial score (nSPS) is 11.4. The number of allylic oxidation sites excluding steroid dienone is 1. The van der Waals surface area contributed by atoms with Crippen molar-refractivity contribution in [3.63, 3.8) is 0 Å². The Bertz CT molecular complexity index is 299. The minimum Gasteiger partial charge on any atom is -0.465 e. The van der Waals surface area contributed by atoms with Crippen molar-refractivity contribution in [2.24, 2.45) is 0 Å². The van der Waals surface area contributed by atoms with Gasteiger partial charge in [-0.25, -0.2) is 0 Å². The van der Waals surface area contributed by atoms with Crippen molar-refractivity contribution in [1.29, 1.82) is 0 Å². The molecule has 0 aliphatic carbocycles. The molecule has 3 nitrogen and oxygen atoms in total. The summed E-state index contributed by atoms with van der Waals surface area (Å²) in [5.74, 6) is 0.832. The maximum absolute atomic E-state index is 11.3. The van der Waals surface area contributed by atoms with Gasteiger partial charge < -0.3 is 9.32 Å². The van der Waals surface area contributed by atoms with Crippen molar-refractivity contribution in [2.45, 2.75) is 6.42 Å². The van der Waals surface area contributed by atoms with Crippen molar-refractivity contribution < 1.29 is 9.21 Å². The summed E-state index contributed by atoms with van der Waals surface area (Å²) >= 11 is 0. The van der Waals surface area contributed by atoms with Crippen LogP contribution in [0.1, 0.15) is 12.2 Å². The van der Waals surface area contributed by atoms with E-state index in [1.54, 1.807) is 24.5 Å². The predicted octanol–water partition coefficient (Wildman–Crippen LogP) is 1.81. The highest BCUT2D eigenvalue weighted by Crippen LogP contribution is 2.02. The molecule has 76 valence electrons. The fourth-order valence-electron chi connectivity index (χ4n) is 0.978. The Hall–Kier alpha value is -1.35. The Kier molecular flexibility index (Phi) is 4.13. The van der Waals surface area contributed by atoms with Crippen LogP contribution in [-0.4, -0.2) is 31.3 Å². The van der Waals surface area contributed by atoms with Crippen LogP contribution in [0.25, 0.3) is 6.08 Å². The van der Waals surface area contributed by atoms with Gasteiger partial charge in [0.05, 0.1) is 6.26 Å². The summed E-state index contributed by atoms with van der Waals surface area (Å²) < 4.78 is 5.06. The molecule has 1 aromatic rings. The van der Waals surface area contributed by atoms with Gasteiger partial charge in [0.15, 0.2) is 5.78 Å². The van der Waals surface area contributed by atoms with Crippen LogP contribution in [-0.2, 0) is 4.79 Å². The summed E-state index contributed by atoms with van der Waals surface area (Å²) in [7, 11) is 3.90. The summed E-state index contributed by atoms with van der Waals surface area (Å²) in [5.41, 5.74) is 0. The van der Waals surface area contributed by atoms with Crippen LogP contribution in [0.5, 0.6) is 0 Å². The van der Waals surface area contributed by atoms with Crippen molar-refractivity contribution in [1.82, 2.24) is 4.90 Å². The number of furan rings is 1. The number of ketones is 1. The van der Waals surface area contributed by atoms with Gasteiger partial charge in [-0.05, 0) is 38.4 Å². The van der Waals surface area contributed by atoms with E-state index in [9.17, 15) is 4.79 Å². The molecule has 0 unspecified atom stereocenters. The van der Waals surface area contributed by atoms with E-state index in [4.69, 9.17) is 4.42 Å². The van der Waals surface area contributed by atoms with Crippen LogP contribution in [0.4, 0.5) is 0 Å². The number of rotatable bonds is 5. The summed E-state index contributed by atoms with van der Waals surface area (Å²) in [6.45, 7) is 0.779. The highest BCUT2D eigenvalue weighted by molar-refractivity contribution is 5.93. The highest BCUT2D eigenvalue weighted by Gasteiger charge is 1.98. The molecule has 1 rings (SSSR count). The maximum atomic E-state index is 11.3. The minimum atomic E-state index is 0.120. The summed E-state index contributed by atoms with van der Waals surface area (Å²) in [6, 6.07) is 3.61. The summed E-state index contributed by atoms with van der Waals surface area (Å²) in [4.78, 5) is 13.3. The molecule has 0 radical (unpaired) electrons. The maximum Gasteiger partial charge on any atom is 0.157 e. The molecular formula is C11H15NO2. The van der Waals surface area contributed by atoms with Crippen molar-refractivity contribution in [3.05, 3.63) is 30.2 Å². The van der Waals surface area contributed by atoms with Gasteiger partial charge in [0, 0.05) is 13.0 Å². The van der Waals surface area contributed by atoms with Gasteiger partial charge >= 0.3 is 0 Å². The van der Waals surface area contributed by atoms with Crippen molar-refractivity contribution in [3.8, 4) is 0 Å². The first kappa shape index (κ1) is 10.7. The number of nitrogens with zero attached hydrogens (tertiary/aromatic N) is 1. The molecule has 0 N–H and O–H groups in total. The molecule has 0 atom stereocenters. The Morgan fingerprint density at radius 1 is 1.57 bits per heavy atom. The van der Waals surface area contributed by atoms with Gasteiger partial charge in [-0.3, -0.25) is 4.79 Å². The SMILES string of the molecule is CN(C)CCC(=O)/C=C/c1ccco1. The lowest BCUT2D eigenvalue weighted by atomic mass is 10.2. The van der Waals surface area contributed by atoms with Crippen molar-refractivity contribution in [2.75, 3.05) is 20.6 Å². The molecular weight excluding hydrogens is 178 g/mol. The molecule has 0 aliphatic heterocycles. The number of hydrogen-bond donors (Lipinski definition) is 0. The van der Waals surface area contributed by atoms with Gasteiger partial charge in [-0.2, -0.15) is 0 Å². The van der Waals surface area contributed by atoms with E-state index in [-0.39, 0.29) is 5.78 Å². The fraction of sp³-hybridized carbons (Fsp3) is 0.364. The smallest absolute Gasteiger partial charge is 0.157 e. The van der Waals surface area contributed by atoms with Crippen LogP contribution in [0, 0.1) is 0 Å². The first-order chi connectivity index (χ1) is 6.68. The Balaban J connectivity index is 2.34. The molecule has 0 fully saturated rings. The van der Waals surface area contributed by atoms with Gasteiger partial charge in [0.1, 0.15) is 5.76 Å². The van der Waals surface area contributed by atoms with E-state index < -0.39 is 0 Å². The lowest BCUT2D eigenvalue weighted by Gasteiger charge is -2.05. The Morgan fingerprint density at radius 2 is 2.36 bits per heavy atom. The van der Waals surface area contributed by atoms with Crippen LogP contribution in [0.3, 0.4) is 0 Å². The molecule has 3 heteroatoms. The van der Waals surface area contributed by atoms with Gasteiger partial charge in [0.2, 0.25) is 0 Å². The number of carbonyl (C=O) groups excluding carboxylic acids is 1. The average Bonchev–Trinajstić information content (AvgIpc) is 2.63. The third-order valence-electron chi connectivity index (χ3n) is 1.78. The second kappa shape index (κ2) is 5.40. The molecule has 0 bridgehead atoms. The van der Waals surface area contributed by atoms with Gasteiger partial charge in [0.25, 0.3) is 0 Å². The van der Waals surface area contributed by atoms with Crippen LogP contribution >= 0.6 is 0 Å². The van der Waals surface area contributed by atoms with E-state index in [1.807, 2.05) is 25.1 Å². The van der Waals surface area contributed by atoms with Crippen LogP contribution in [0.15, 0.2) is 28.9 Å². The minimum absolute atomic E-state index is 0.120. The monoisotopic (exact) mass is 193 g/mol. The molecule has 0 saturated carbocycles. The quantitative estimate of drug-likeness (QED) is 0.669. The predicted molar refractivity (Wildman–Crippen MR) is 55.9 cm³/mol. The second-order valence-electron chi connectivity index (χ2n) is 3.37. The van der Waals surface area contributed by atoms with E-state index in [0.29, 0.717) is 12.2 Å². The fourth-order valence-corrected chi connectivity index (χ4v) is 0.978. The standard InChI is InChI=1S/C11H15NO2/c1-12(2)8-7-10(13)5-6-11-4-3-9-14-11/h3-6,9H,7-8H2,1-2H3/b6-5+. The van der Waals surface area contributed by atoms with Gasteiger partial charge in [-0.1, -0.05) is 0 Å². The zero-order chi connectivity index (χ0) is 10.4. The van der Waals surface area contributed by atoms with E-state index >= 15 is 0 Å². The van der Waals surface area contributed by atoms with E-state index in [1.165, 1.54) is 0 Å². The second-order valence-corrected chi connectivity index (χ2v) is 3.37. The van der Waals surface area contributed by atoms with Gasteiger partial charge in [-0.15, -0.1) is 0 Å². The number of hydrogen-bond acceptors (Lipinski definition) is 3. The zero-order valence-corrected chi connectivity index (χ0v) is 8.56. The topological polar surface area (TPSA) is 33.5 Å². The van der Waals surface area contributed by atoms with Crippen LogP contribution in [0.2, 0.25) is 0 Å². The van der Waals surface area contributed by atoms with E-state index in [2.05, 4.69) is 0 Å². The summed E-state index contributed by atoms with van der Waals surface area (Å²) in [6.07, 6.45) is 5.38. The molecule has 1 aromatic heterocycles. The number of carbonyl (C=O) groups is 1. The first-order valence-electron chi connectivity index (χ1n) is 4.57.